The minimum Gasteiger partial charge on any atom is -0.267 e. The molecule has 0 heterocycles. The minimum absolute atomic E-state index is 0.289. The van der Waals surface area contributed by atoms with E-state index in [4.69, 9.17) is 23.2 Å². The van der Waals surface area contributed by atoms with Crippen molar-refractivity contribution in [1.82, 2.24) is 5.43 Å². The van der Waals surface area contributed by atoms with Crippen LogP contribution in [0.1, 0.15) is 15.9 Å². The lowest BCUT2D eigenvalue weighted by Crippen LogP contribution is -2.17. The van der Waals surface area contributed by atoms with Gasteiger partial charge in [0.25, 0.3) is 5.91 Å². The highest BCUT2D eigenvalue weighted by molar-refractivity contribution is 9.10. The molecule has 0 aliphatic carbocycles. The Hall–Kier alpha value is -1.36. The monoisotopic (exact) mass is 370 g/mol. The van der Waals surface area contributed by atoms with E-state index < -0.39 is 0 Å². The number of hydrazone groups is 1. The second-order valence-corrected chi connectivity index (χ2v) is 5.61. The second kappa shape index (κ2) is 6.88. The van der Waals surface area contributed by atoms with Crippen molar-refractivity contribution in [1.29, 1.82) is 0 Å². The lowest BCUT2D eigenvalue weighted by molar-refractivity contribution is 0.0955. The van der Waals surface area contributed by atoms with Gasteiger partial charge in [-0.3, -0.25) is 4.79 Å². The van der Waals surface area contributed by atoms with Crippen LogP contribution in [0.25, 0.3) is 0 Å². The maximum absolute atomic E-state index is 11.8. The van der Waals surface area contributed by atoms with E-state index in [0.29, 0.717) is 15.6 Å². The van der Waals surface area contributed by atoms with Crippen LogP contribution in [0.3, 0.4) is 0 Å². The molecule has 0 aliphatic heterocycles. The number of hydrogen-bond donors (Lipinski definition) is 1. The van der Waals surface area contributed by atoms with Crippen LogP contribution in [-0.4, -0.2) is 12.1 Å². The van der Waals surface area contributed by atoms with E-state index in [1.54, 1.807) is 36.4 Å². The Morgan fingerprint density at radius 2 is 1.95 bits per heavy atom. The quantitative estimate of drug-likeness (QED) is 0.625. The van der Waals surface area contributed by atoms with Crippen molar-refractivity contribution in [2.45, 2.75) is 0 Å². The van der Waals surface area contributed by atoms with Gasteiger partial charge in [-0.1, -0.05) is 51.3 Å². The number of carbonyl (C=O) groups is 1. The standard InChI is InChI=1S/C14H9BrCl2N2O/c15-11-3-1-2-10(7-11)14(20)19-18-8-9-4-5-12(16)13(17)6-9/h1-8H,(H,19,20). The molecule has 0 atom stereocenters. The SMILES string of the molecule is O=C(NN=Cc1ccc(Cl)c(Cl)c1)c1cccc(Br)c1. The summed E-state index contributed by atoms with van der Waals surface area (Å²) in [5, 5.41) is 4.79. The summed E-state index contributed by atoms with van der Waals surface area (Å²) in [6, 6.07) is 12.1. The number of carbonyl (C=O) groups excluding carboxylic acids is 1. The number of nitrogens with zero attached hydrogens (tertiary/aromatic N) is 1. The zero-order chi connectivity index (χ0) is 14.5. The molecule has 1 amide bonds. The van der Waals surface area contributed by atoms with E-state index in [2.05, 4.69) is 26.5 Å². The summed E-state index contributed by atoms with van der Waals surface area (Å²) in [5.41, 5.74) is 3.71. The molecule has 0 saturated carbocycles. The van der Waals surface area contributed by atoms with E-state index in [0.717, 1.165) is 10.0 Å². The van der Waals surface area contributed by atoms with Crippen molar-refractivity contribution >= 4 is 51.3 Å². The van der Waals surface area contributed by atoms with Crippen LogP contribution in [0.15, 0.2) is 52.0 Å². The molecule has 2 aromatic rings. The molecule has 2 aromatic carbocycles. The van der Waals surface area contributed by atoms with Gasteiger partial charge in [-0.15, -0.1) is 0 Å². The number of hydrogen-bond acceptors (Lipinski definition) is 2. The summed E-state index contributed by atoms with van der Waals surface area (Å²) < 4.78 is 0.832. The van der Waals surface area contributed by atoms with Crippen molar-refractivity contribution in [3.63, 3.8) is 0 Å². The zero-order valence-electron chi connectivity index (χ0n) is 10.1. The molecule has 0 aromatic heterocycles. The third-order valence-corrected chi connectivity index (χ3v) is 3.64. The van der Waals surface area contributed by atoms with E-state index in [-0.39, 0.29) is 5.91 Å². The molecule has 6 heteroatoms. The van der Waals surface area contributed by atoms with Gasteiger partial charge in [-0.25, -0.2) is 5.43 Å². The summed E-state index contributed by atoms with van der Waals surface area (Å²) in [6.07, 6.45) is 1.50. The molecule has 2 rings (SSSR count). The molecule has 102 valence electrons. The van der Waals surface area contributed by atoms with E-state index in [1.165, 1.54) is 6.21 Å². The van der Waals surface area contributed by atoms with Gasteiger partial charge in [0.05, 0.1) is 16.3 Å². The lowest BCUT2D eigenvalue weighted by atomic mass is 10.2. The number of halogens is 3. The van der Waals surface area contributed by atoms with Gasteiger partial charge >= 0.3 is 0 Å². The van der Waals surface area contributed by atoms with Crippen LogP contribution >= 0.6 is 39.1 Å². The highest BCUT2D eigenvalue weighted by Gasteiger charge is 2.03. The smallest absolute Gasteiger partial charge is 0.267 e. The molecule has 1 N–H and O–H groups in total. The van der Waals surface area contributed by atoms with Crippen LogP contribution in [0.5, 0.6) is 0 Å². The molecule has 0 aliphatic rings. The highest BCUT2D eigenvalue weighted by Crippen LogP contribution is 2.21. The van der Waals surface area contributed by atoms with Gasteiger partial charge in [0.2, 0.25) is 0 Å². The van der Waals surface area contributed by atoms with Crippen LogP contribution in [-0.2, 0) is 0 Å². The van der Waals surface area contributed by atoms with Crippen LogP contribution in [0.4, 0.5) is 0 Å². The first-order valence-electron chi connectivity index (χ1n) is 5.60. The fourth-order valence-electron chi connectivity index (χ4n) is 1.45. The molecule has 0 spiro atoms. The molecule has 0 radical (unpaired) electrons. The molecule has 20 heavy (non-hydrogen) atoms. The summed E-state index contributed by atoms with van der Waals surface area (Å²) in [6.45, 7) is 0. The van der Waals surface area contributed by atoms with Crippen molar-refractivity contribution in [2.24, 2.45) is 5.10 Å². The highest BCUT2D eigenvalue weighted by atomic mass is 79.9. The lowest BCUT2D eigenvalue weighted by Gasteiger charge is -2.00. The fourth-order valence-corrected chi connectivity index (χ4v) is 2.16. The van der Waals surface area contributed by atoms with Gasteiger partial charge < -0.3 is 0 Å². The van der Waals surface area contributed by atoms with Gasteiger partial charge in [-0.05, 0) is 35.9 Å². The molecule has 3 nitrogen and oxygen atoms in total. The number of amides is 1. The summed E-state index contributed by atoms with van der Waals surface area (Å²) in [5.74, 6) is -0.289. The first-order valence-corrected chi connectivity index (χ1v) is 7.15. The largest absolute Gasteiger partial charge is 0.271 e. The molecule has 0 bridgehead atoms. The van der Waals surface area contributed by atoms with Gasteiger partial charge in [0.15, 0.2) is 0 Å². The first-order chi connectivity index (χ1) is 9.56. The maximum Gasteiger partial charge on any atom is 0.271 e. The number of nitrogens with one attached hydrogen (secondary N) is 1. The average Bonchev–Trinajstić information content (AvgIpc) is 2.42. The van der Waals surface area contributed by atoms with E-state index >= 15 is 0 Å². The normalized spacial score (nSPS) is 10.8. The Balaban J connectivity index is 2.02. The van der Waals surface area contributed by atoms with Crippen molar-refractivity contribution in [2.75, 3.05) is 0 Å². The summed E-state index contributed by atoms with van der Waals surface area (Å²) >= 11 is 15.0. The molecular weight excluding hydrogens is 363 g/mol. The Morgan fingerprint density at radius 1 is 1.15 bits per heavy atom. The molecule has 0 fully saturated rings. The van der Waals surface area contributed by atoms with E-state index in [9.17, 15) is 4.79 Å². The third-order valence-electron chi connectivity index (χ3n) is 2.41. The Morgan fingerprint density at radius 3 is 2.65 bits per heavy atom. The number of benzene rings is 2. The number of rotatable bonds is 3. The first kappa shape index (κ1) is 15.0. The topological polar surface area (TPSA) is 41.5 Å². The summed E-state index contributed by atoms with van der Waals surface area (Å²) in [7, 11) is 0. The van der Waals surface area contributed by atoms with E-state index in [1.807, 2.05) is 6.07 Å². The second-order valence-electron chi connectivity index (χ2n) is 3.88. The van der Waals surface area contributed by atoms with Crippen LogP contribution < -0.4 is 5.43 Å². The van der Waals surface area contributed by atoms with Gasteiger partial charge in [0, 0.05) is 10.0 Å². The molecule has 0 unspecified atom stereocenters. The summed E-state index contributed by atoms with van der Waals surface area (Å²) in [4.78, 5) is 11.8. The molecular formula is C14H9BrCl2N2O. The minimum atomic E-state index is -0.289. The van der Waals surface area contributed by atoms with Crippen LogP contribution in [0, 0.1) is 0 Å². The Kier molecular flexibility index (Phi) is 5.17. The Bertz CT molecular complexity index is 674. The van der Waals surface area contributed by atoms with Crippen molar-refractivity contribution in [3.8, 4) is 0 Å². The Labute approximate surface area is 134 Å². The fraction of sp³-hybridized carbons (Fsp3) is 0. The third kappa shape index (κ3) is 4.07. The predicted molar refractivity (Wildman–Crippen MR) is 85.7 cm³/mol. The zero-order valence-corrected chi connectivity index (χ0v) is 13.2. The molecule has 0 saturated heterocycles. The van der Waals surface area contributed by atoms with Crippen molar-refractivity contribution in [3.05, 3.63) is 68.1 Å². The van der Waals surface area contributed by atoms with Crippen molar-refractivity contribution < 1.29 is 4.79 Å². The van der Waals surface area contributed by atoms with Gasteiger partial charge in [-0.2, -0.15) is 5.10 Å². The van der Waals surface area contributed by atoms with Crippen LogP contribution in [0.2, 0.25) is 10.0 Å². The predicted octanol–water partition coefficient (Wildman–Crippen LogP) is 4.52. The van der Waals surface area contributed by atoms with Gasteiger partial charge in [0.1, 0.15) is 0 Å². The average molecular weight is 372 g/mol. The maximum atomic E-state index is 11.8.